The van der Waals surface area contributed by atoms with Gasteiger partial charge in [-0.3, -0.25) is 9.59 Å². The average Bonchev–Trinajstić information content (AvgIpc) is 2.96. The number of carboxylic acids is 1. The molecule has 0 bridgehead atoms. The van der Waals surface area contributed by atoms with Crippen LogP contribution in [-0.2, 0) is 27.4 Å². The number of carbonyl (C=O) groups excluding carboxylic acids is 3. The molecular formula is C31H44N4O7. The van der Waals surface area contributed by atoms with Gasteiger partial charge in [0.25, 0.3) is 0 Å². The largest absolute Gasteiger partial charge is 0.481 e. The average molecular weight is 585 g/mol. The van der Waals surface area contributed by atoms with Gasteiger partial charge < -0.3 is 35.8 Å². The van der Waals surface area contributed by atoms with Crippen LogP contribution >= 0.6 is 0 Å². The maximum atomic E-state index is 13.3. The van der Waals surface area contributed by atoms with E-state index in [9.17, 15) is 29.4 Å². The van der Waals surface area contributed by atoms with Crippen LogP contribution in [0.3, 0.4) is 0 Å². The predicted molar refractivity (Wildman–Crippen MR) is 159 cm³/mol. The van der Waals surface area contributed by atoms with E-state index < -0.39 is 42.6 Å². The second kappa shape index (κ2) is 18.3. The zero-order valence-electron chi connectivity index (χ0n) is 24.6. The van der Waals surface area contributed by atoms with Crippen molar-refractivity contribution >= 4 is 24.0 Å². The lowest BCUT2D eigenvalue weighted by molar-refractivity contribution is -0.140. The normalized spacial score (nSPS) is 13.0. The number of nitrogens with one attached hydrogen (secondary N) is 3. The summed E-state index contributed by atoms with van der Waals surface area (Å²) < 4.78 is 5.17. The second-order valence-electron chi connectivity index (χ2n) is 10.6. The molecule has 0 fully saturated rings. The van der Waals surface area contributed by atoms with Crippen molar-refractivity contribution in [3.05, 3.63) is 71.8 Å². The van der Waals surface area contributed by atoms with Crippen LogP contribution in [0.2, 0.25) is 0 Å². The number of urea groups is 1. The molecule has 0 radical (unpaired) electrons. The highest BCUT2D eigenvalue weighted by Gasteiger charge is 2.31. The number of aliphatic carboxylic acids is 1. The number of aliphatic hydroxyl groups excluding tert-OH is 1. The number of aliphatic hydroxyl groups is 1. The van der Waals surface area contributed by atoms with E-state index in [2.05, 4.69) is 16.0 Å². The van der Waals surface area contributed by atoms with Gasteiger partial charge in [-0.2, -0.15) is 0 Å². The molecule has 2 aromatic carbocycles. The van der Waals surface area contributed by atoms with Crippen LogP contribution in [-0.4, -0.2) is 76.9 Å². The molecule has 11 nitrogen and oxygen atoms in total. The van der Waals surface area contributed by atoms with E-state index in [4.69, 9.17) is 4.74 Å². The Hall–Kier alpha value is -4.12. The van der Waals surface area contributed by atoms with E-state index in [1.54, 1.807) is 24.3 Å². The minimum Gasteiger partial charge on any atom is -0.481 e. The summed E-state index contributed by atoms with van der Waals surface area (Å²) in [6.07, 6.45) is -1.05. The van der Waals surface area contributed by atoms with Crippen LogP contribution in [0.25, 0.3) is 0 Å². The van der Waals surface area contributed by atoms with Crippen LogP contribution in [0.5, 0.6) is 0 Å². The molecule has 0 aliphatic rings. The third-order valence-corrected chi connectivity index (χ3v) is 6.43. The standard InChI is InChI=1S/C31H44N4O7/c1-4-5-16-35(30(40)32-19-22(2)3)20-27(36)25(17-23-12-8-6-9-13-23)33-29(39)26(18-28(37)38)34-31(41)42-21-24-14-10-7-11-15-24/h6-15,22,25-27,36H,4-5,16-21H2,1-3H3,(H,32,40)(H,33,39)(H,34,41)(H,37,38)/t25-,26-,27+/m0/s1. The van der Waals surface area contributed by atoms with Crippen LogP contribution in [0, 0.1) is 5.92 Å². The summed E-state index contributed by atoms with van der Waals surface area (Å²) in [5.74, 6) is -1.85. The van der Waals surface area contributed by atoms with Gasteiger partial charge >= 0.3 is 18.1 Å². The van der Waals surface area contributed by atoms with Crippen molar-refractivity contribution in [3.8, 4) is 0 Å². The molecule has 0 saturated heterocycles. The summed E-state index contributed by atoms with van der Waals surface area (Å²) in [6, 6.07) is 15.4. The fourth-order valence-corrected chi connectivity index (χ4v) is 4.11. The molecular weight excluding hydrogens is 540 g/mol. The molecule has 4 amide bonds. The van der Waals surface area contributed by atoms with E-state index >= 15 is 0 Å². The summed E-state index contributed by atoms with van der Waals surface area (Å²) in [5, 5.41) is 28.6. The summed E-state index contributed by atoms with van der Waals surface area (Å²) in [7, 11) is 0. The molecule has 0 heterocycles. The van der Waals surface area contributed by atoms with Gasteiger partial charge in [-0.1, -0.05) is 87.9 Å². The van der Waals surface area contributed by atoms with Crippen molar-refractivity contribution in [2.75, 3.05) is 19.6 Å². The van der Waals surface area contributed by atoms with Gasteiger partial charge in [-0.15, -0.1) is 0 Å². The first-order valence-electron chi connectivity index (χ1n) is 14.3. The summed E-state index contributed by atoms with van der Waals surface area (Å²) in [4.78, 5) is 51.7. The van der Waals surface area contributed by atoms with Gasteiger partial charge in [-0.25, -0.2) is 9.59 Å². The highest BCUT2D eigenvalue weighted by molar-refractivity contribution is 5.89. The van der Waals surface area contributed by atoms with Crippen LogP contribution in [0.4, 0.5) is 9.59 Å². The zero-order valence-corrected chi connectivity index (χ0v) is 24.6. The fourth-order valence-electron chi connectivity index (χ4n) is 4.11. The Balaban J connectivity index is 2.18. The quantitative estimate of drug-likeness (QED) is 0.191. The van der Waals surface area contributed by atoms with Crippen LogP contribution in [0.15, 0.2) is 60.7 Å². The van der Waals surface area contributed by atoms with E-state index in [-0.39, 0.29) is 31.5 Å². The van der Waals surface area contributed by atoms with E-state index in [0.29, 0.717) is 13.1 Å². The van der Waals surface area contributed by atoms with Crippen molar-refractivity contribution < 1.29 is 34.1 Å². The Labute approximate surface area is 247 Å². The van der Waals surface area contributed by atoms with E-state index in [1.165, 1.54) is 4.90 Å². The van der Waals surface area contributed by atoms with Crippen LogP contribution in [0.1, 0.15) is 51.2 Å². The highest BCUT2D eigenvalue weighted by Crippen LogP contribution is 2.11. The molecule has 0 aliphatic heterocycles. The minimum atomic E-state index is -1.46. The number of carboxylic acid groups (broad SMARTS) is 1. The Bertz CT molecular complexity index is 1110. The molecule has 0 saturated carbocycles. The second-order valence-corrected chi connectivity index (χ2v) is 10.6. The van der Waals surface area contributed by atoms with Gasteiger partial charge in [-0.05, 0) is 29.9 Å². The lowest BCUT2D eigenvalue weighted by atomic mass is 9.99. The first-order chi connectivity index (χ1) is 20.1. The van der Waals surface area contributed by atoms with E-state index in [1.807, 2.05) is 57.2 Å². The summed E-state index contributed by atoms with van der Waals surface area (Å²) >= 11 is 0. The van der Waals surface area contributed by atoms with Crippen LogP contribution < -0.4 is 16.0 Å². The molecule has 5 N–H and O–H groups in total. The first kappa shape index (κ1) is 34.1. The van der Waals surface area contributed by atoms with Crippen molar-refractivity contribution in [2.45, 2.75) is 71.2 Å². The molecule has 3 atom stereocenters. The number of carbonyl (C=O) groups is 4. The van der Waals surface area contributed by atoms with Crippen molar-refractivity contribution in [1.82, 2.24) is 20.9 Å². The van der Waals surface area contributed by atoms with Gasteiger partial charge in [0.2, 0.25) is 5.91 Å². The molecule has 2 aromatic rings. The lowest BCUT2D eigenvalue weighted by Gasteiger charge is -2.31. The Morgan fingerprint density at radius 3 is 2.12 bits per heavy atom. The maximum absolute atomic E-state index is 13.3. The molecule has 11 heteroatoms. The van der Waals surface area contributed by atoms with Gasteiger partial charge in [0.1, 0.15) is 12.6 Å². The Morgan fingerprint density at radius 1 is 0.929 bits per heavy atom. The number of amides is 4. The molecule has 0 unspecified atom stereocenters. The molecule has 0 spiro atoms. The maximum Gasteiger partial charge on any atom is 0.408 e. The SMILES string of the molecule is CCCCN(C[C@@H](O)[C@H](Cc1ccccc1)NC(=O)[C@H](CC(=O)O)NC(=O)OCc1ccccc1)C(=O)NCC(C)C. The Morgan fingerprint density at radius 2 is 1.55 bits per heavy atom. The number of alkyl carbamates (subject to hydrolysis) is 1. The monoisotopic (exact) mass is 584 g/mol. The van der Waals surface area contributed by atoms with Crippen molar-refractivity contribution in [3.63, 3.8) is 0 Å². The molecule has 230 valence electrons. The number of nitrogens with zero attached hydrogens (tertiary/aromatic N) is 1. The Kier molecular flexibility index (Phi) is 14.9. The van der Waals surface area contributed by atoms with Gasteiger partial charge in [0.05, 0.1) is 25.1 Å². The number of hydrogen-bond donors (Lipinski definition) is 5. The number of rotatable bonds is 17. The molecule has 2 rings (SSSR count). The van der Waals surface area contributed by atoms with Crippen molar-refractivity contribution in [1.29, 1.82) is 0 Å². The zero-order chi connectivity index (χ0) is 30.9. The summed E-state index contributed by atoms with van der Waals surface area (Å²) in [6.45, 7) is 6.74. The molecule has 0 aromatic heterocycles. The smallest absolute Gasteiger partial charge is 0.408 e. The number of hydrogen-bond acceptors (Lipinski definition) is 6. The fraction of sp³-hybridized carbons (Fsp3) is 0.484. The summed E-state index contributed by atoms with van der Waals surface area (Å²) in [5.41, 5.74) is 1.54. The number of ether oxygens (including phenoxy) is 1. The predicted octanol–water partition coefficient (Wildman–Crippen LogP) is 3.31. The number of benzene rings is 2. The van der Waals surface area contributed by atoms with Gasteiger partial charge in [0, 0.05) is 13.1 Å². The third-order valence-electron chi connectivity index (χ3n) is 6.43. The molecule has 42 heavy (non-hydrogen) atoms. The molecule has 0 aliphatic carbocycles. The third kappa shape index (κ3) is 13.0. The topological polar surface area (TPSA) is 157 Å². The lowest BCUT2D eigenvalue weighted by Crippen LogP contribution is -2.56. The van der Waals surface area contributed by atoms with Crippen molar-refractivity contribution in [2.24, 2.45) is 5.92 Å². The van der Waals surface area contributed by atoms with Gasteiger partial charge in [0.15, 0.2) is 0 Å². The minimum absolute atomic E-state index is 0.0577. The van der Waals surface area contributed by atoms with E-state index in [0.717, 1.165) is 24.0 Å². The highest BCUT2D eigenvalue weighted by atomic mass is 16.5. The number of unbranched alkanes of at least 4 members (excludes halogenated alkanes) is 1. The first-order valence-corrected chi connectivity index (χ1v) is 14.3.